The molecule has 0 spiro atoms. The van der Waals surface area contributed by atoms with E-state index in [2.05, 4.69) is 34.6 Å². The summed E-state index contributed by atoms with van der Waals surface area (Å²) in [6.07, 6.45) is 4.66. The minimum Gasteiger partial charge on any atom is -0.334 e. The van der Waals surface area contributed by atoms with Gasteiger partial charge in [0.15, 0.2) is 0 Å². The molecule has 2 rings (SSSR count). The highest BCUT2D eigenvalue weighted by Crippen LogP contribution is 2.18. The van der Waals surface area contributed by atoms with Crippen LogP contribution in [0.15, 0.2) is 18.5 Å². The predicted molar refractivity (Wildman–Crippen MR) is 66.5 cm³/mol. The average Bonchev–Trinajstić information content (AvgIpc) is 2.93. The van der Waals surface area contributed by atoms with Gasteiger partial charge in [0.2, 0.25) is 0 Å². The molecule has 0 aliphatic heterocycles. The SMILES string of the molecule is CCc1cc(C(N)c2nccn2CC)n(C)n1. The van der Waals surface area contributed by atoms with Crippen LogP contribution in [-0.4, -0.2) is 19.3 Å². The molecular formula is C12H19N5. The Morgan fingerprint density at radius 3 is 2.76 bits per heavy atom. The minimum atomic E-state index is -0.220. The Bertz CT molecular complexity index is 497. The zero-order chi connectivity index (χ0) is 12.4. The molecule has 5 nitrogen and oxygen atoms in total. The van der Waals surface area contributed by atoms with Gasteiger partial charge < -0.3 is 10.3 Å². The van der Waals surface area contributed by atoms with E-state index in [9.17, 15) is 0 Å². The predicted octanol–water partition coefficient (Wildman–Crippen LogP) is 1.25. The third-order valence-corrected chi connectivity index (χ3v) is 3.01. The van der Waals surface area contributed by atoms with E-state index in [4.69, 9.17) is 5.73 Å². The van der Waals surface area contributed by atoms with Crippen molar-refractivity contribution < 1.29 is 0 Å². The van der Waals surface area contributed by atoms with Crippen LogP contribution in [-0.2, 0) is 20.0 Å². The molecule has 0 bridgehead atoms. The van der Waals surface area contributed by atoms with Gasteiger partial charge in [0.25, 0.3) is 0 Å². The highest BCUT2D eigenvalue weighted by Gasteiger charge is 2.18. The first-order chi connectivity index (χ1) is 8.17. The monoisotopic (exact) mass is 233 g/mol. The normalized spacial score (nSPS) is 12.9. The van der Waals surface area contributed by atoms with E-state index in [1.165, 1.54) is 0 Å². The highest BCUT2D eigenvalue weighted by atomic mass is 15.3. The lowest BCUT2D eigenvalue weighted by Crippen LogP contribution is -2.20. The first kappa shape index (κ1) is 11.9. The topological polar surface area (TPSA) is 61.7 Å². The van der Waals surface area contributed by atoms with Crippen molar-refractivity contribution in [3.8, 4) is 0 Å². The Morgan fingerprint density at radius 2 is 2.18 bits per heavy atom. The molecule has 2 aromatic rings. The molecule has 0 fully saturated rings. The van der Waals surface area contributed by atoms with Crippen molar-refractivity contribution >= 4 is 0 Å². The molecule has 2 heterocycles. The first-order valence-electron chi connectivity index (χ1n) is 5.96. The smallest absolute Gasteiger partial charge is 0.131 e. The second-order valence-electron chi connectivity index (χ2n) is 4.09. The quantitative estimate of drug-likeness (QED) is 0.864. The summed E-state index contributed by atoms with van der Waals surface area (Å²) in [5.41, 5.74) is 8.33. The fraction of sp³-hybridized carbons (Fsp3) is 0.500. The van der Waals surface area contributed by atoms with E-state index < -0.39 is 0 Å². The first-order valence-corrected chi connectivity index (χ1v) is 5.96. The zero-order valence-electron chi connectivity index (χ0n) is 10.6. The molecule has 0 radical (unpaired) electrons. The van der Waals surface area contributed by atoms with E-state index >= 15 is 0 Å². The van der Waals surface area contributed by atoms with Gasteiger partial charge >= 0.3 is 0 Å². The van der Waals surface area contributed by atoms with Crippen molar-refractivity contribution in [3.63, 3.8) is 0 Å². The molecular weight excluding hydrogens is 214 g/mol. The van der Waals surface area contributed by atoms with E-state index in [1.54, 1.807) is 6.20 Å². The fourth-order valence-electron chi connectivity index (χ4n) is 2.01. The van der Waals surface area contributed by atoms with Crippen molar-refractivity contribution in [1.29, 1.82) is 0 Å². The summed E-state index contributed by atoms with van der Waals surface area (Å²) < 4.78 is 3.90. The van der Waals surface area contributed by atoms with Gasteiger partial charge in [0, 0.05) is 26.0 Å². The van der Waals surface area contributed by atoms with E-state index in [0.717, 1.165) is 30.2 Å². The fourth-order valence-corrected chi connectivity index (χ4v) is 2.01. The lowest BCUT2D eigenvalue weighted by Gasteiger charge is -2.13. The van der Waals surface area contributed by atoms with Crippen LogP contribution in [0.1, 0.15) is 37.1 Å². The number of nitrogens with two attached hydrogens (primary N) is 1. The lowest BCUT2D eigenvalue weighted by atomic mass is 10.2. The molecule has 0 aliphatic carbocycles. The van der Waals surface area contributed by atoms with Gasteiger partial charge in [-0.05, 0) is 19.4 Å². The molecule has 2 aromatic heterocycles. The highest BCUT2D eigenvalue weighted by molar-refractivity contribution is 5.20. The van der Waals surface area contributed by atoms with Crippen molar-refractivity contribution in [2.45, 2.75) is 32.9 Å². The van der Waals surface area contributed by atoms with Crippen molar-refractivity contribution in [3.05, 3.63) is 35.7 Å². The van der Waals surface area contributed by atoms with Gasteiger partial charge in [-0.25, -0.2) is 4.98 Å². The summed E-state index contributed by atoms with van der Waals surface area (Å²) in [7, 11) is 1.92. The van der Waals surface area contributed by atoms with Crippen LogP contribution in [0, 0.1) is 0 Å². The summed E-state index contributed by atoms with van der Waals surface area (Å²) in [6, 6.07) is 1.84. The van der Waals surface area contributed by atoms with Crippen molar-refractivity contribution in [2.75, 3.05) is 0 Å². The van der Waals surface area contributed by atoms with Gasteiger partial charge in [0.1, 0.15) is 11.9 Å². The Kier molecular flexibility index (Phi) is 3.28. The number of imidazole rings is 1. The maximum absolute atomic E-state index is 6.26. The molecule has 0 saturated carbocycles. The van der Waals surface area contributed by atoms with E-state index in [-0.39, 0.29) is 6.04 Å². The lowest BCUT2D eigenvalue weighted by molar-refractivity contribution is 0.607. The van der Waals surface area contributed by atoms with E-state index in [1.807, 2.05) is 17.9 Å². The van der Waals surface area contributed by atoms with Gasteiger partial charge in [-0.15, -0.1) is 0 Å². The average molecular weight is 233 g/mol. The third kappa shape index (κ3) is 2.10. The van der Waals surface area contributed by atoms with E-state index in [0.29, 0.717) is 0 Å². The van der Waals surface area contributed by atoms with Crippen LogP contribution in [0.3, 0.4) is 0 Å². The van der Waals surface area contributed by atoms with Crippen LogP contribution in [0.4, 0.5) is 0 Å². The van der Waals surface area contributed by atoms with Crippen LogP contribution < -0.4 is 5.73 Å². The summed E-state index contributed by atoms with van der Waals surface area (Å²) in [5, 5.41) is 4.42. The van der Waals surface area contributed by atoms with Gasteiger partial charge in [-0.1, -0.05) is 6.92 Å². The zero-order valence-corrected chi connectivity index (χ0v) is 10.6. The molecule has 17 heavy (non-hydrogen) atoms. The van der Waals surface area contributed by atoms with Gasteiger partial charge in [0.05, 0.1) is 11.4 Å². The van der Waals surface area contributed by atoms with Crippen LogP contribution in [0.2, 0.25) is 0 Å². The maximum Gasteiger partial charge on any atom is 0.131 e. The summed E-state index contributed by atoms with van der Waals surface area (Å²) in [5.74, 6) is 0.887. The number of aryl methyl sites for hydroxylation is 3. The Hall–Kier alpha value is -1.62. The molecule has 0 amide bonds. The molecule has 1 unspecified atom stereocenters. The Morgan fingerprint density at radius 1 is 1.41 bits per heavy atom. The Labute approximate surface area is 101 Å². The molecule has 5 heteroatoms. The van der Waals surface area contributed by atoms with Crippen molar-refractivity contribution in [1.82, 2.24) is 19.3 Å². The number of hydrogen-bond donors (Lipinski definition) is 1. The van der Waals surface area contributed by atoms with Crippen LogP contribution in [0.25, 0.3) is 0 Å². The molecule has 0 saturated heterocycles. The number of nitrogens with zero attached hydrogens (tertiary/aromatic N) is 4. The van der Waals surface area contributed by atoms with Gasteiger partial charge in [-0.3, -0.25) is 4.68 Å². The molecule has 92 valence electrons. The number of rotatable bonds is 4. The molecule has 0 aromatic carbocycles. The van der Waals surface area contributed by atoms with Gasteiger partial charge in [-0.2, -0.15) is 5.10 Å². The van der Waals surface area contributed by atoms with Crippen LogP contribution >= 0.6 is 0 Å². The maximum atomic E-state index is 6.26. The largest absolute Gasteiger partial charge is 0.334 e. The second-order valence-corrected chi connectivity index (χ2v) is 4.09. The number of aromatic nitrogens is 4. The minimum absolute atomic E-state index is 0.220. The standard InChI is InChI=1S/C12H19N5/c1-4-9-8-10(16(3)15-9)11(13)12-14-6-7-17(12)5-2/h6-8,11H,4-5,13H2,1-3H3. The summed E-state index contributed by atoms with van der Waals surface area (Å²) in [4.78, 5) is 4.34. The number of hydrogen-bond acceptors (Lipinski definition) is 3. The second kappa shape index (κ2) is 4.71. The van der Waals surface area contributed by atoms with Crippen molar-refractivity contribution in [2.24, 2.45) is 12.8 Å². The summed E-state index contributed by atoms with van der Waals surface area (Å²) >= 11 is 0. The molecule has 1 atom stereocenters. The Balaban J connectivity index is 2.36. The summed E-state index contributed by atoms with van der Waals surface area (Å²) in [6.45, 7) is 5.05. The molecule has 2 N–H and O–H groups in total. The third-order valence-electron chi connectivity index (χ3n) is 3.01. The van der Waals surface area contributed by atoms with Crippen LogP contribution in [0.5, 0.6) is 0 Å². The molecule has 0 aliphatic rings.